The van der Waals surface area contributed by atoms with E-state index in [2.05, 4.69) is 29.8 Å². The van der Waals surface area contributed by atoms with Gasteiger partial charge >= 0.3 is 5.97 Å². The topological polar surface area (TPSA) is 26.3 Å². The molecule has 5 atom stereocenters. The SMILES string of the molecule is CCOC(=O)C1CCCC23CC(CC12)C(C)(C)C3Br. The smallest absolute Gasteiger partial charge is 0.309 e. The molecule has 3 aliphatic rings. The summed E-state index contributed by atoms with van der Waals surface area (Å²) in [5.41, 5.74) is 0.747. The Hall–Kier alpha value is -0.0500. The standard InChI is InChI=1S/C16H25BrO2/c1-4-19-13(18)11-6-5-7-16-9-10(8-12(11)16)15(2,3)14(16)17/h10-12,14H,4-9H2,1-3H3. The molecule has 1 spiro atoms. The zero-order valence-corrected chi connectivity index (χ0v) is 13.8. The molecule has 0 heterocycles. The molecule has 5 unspecified atom stereocenters. The molecule has 0 aliphatic heterocycles. The third-order valence-corrected chi connectivity index (χ3v) is 8.44. The predicted octanol–water partition coefficient (Wildman–Crippen LogP) is 4.17. The summed E-state index contributed by atoms with van der Waals surface area (Å²) in [5.74, 6) is 1.56. The van der Waals surface area contributed by atoms with Gasteiger partial charge in [0, 0.05) is 4.83 Å². The van der Waals surface area contributed by atoms with Gasteiger partial charge in [0.05, 0.1) is 12.5 Å². The average Bonchev–Trinajstić information content (AvgIpc) is 2.84. The second-order valence-corrected chi connectivity index (χ2v) is 8.33. The number of hydrogen-bond acceptors (Lipinski definition) is 2. The van der Waals surface area contributed by atoms with E-state index < -0.39 is 0 Å². The second kappa shape index (κ2) is 4.47. The molecule has 0 amide bonds. The molecular weight excluding hydrogens is 304 g/mol. The Kier molecular flexibility index (Phi) is 3.28. The summed E-state index contributed by atoms with van der Waals surface area (Å²) in [5, 5.41) is 0. The number of carbonyl (C=O) groups excluding carboxylic acids is 1. The summed E-state index contributed by atoms with van der Waals surface area (Å²) in [6.07, 6.45) is 6.07. The highest BCUT2D eigenvalue weighted by atomic mass is 79.9. The minimum Gasteiger partial charge on any atom is -0.466 e. The molecule has 0 saturated heterocycles. The van der Waals surface area contributed by atoms with Gasteiger partial charge < -0.3 is 4.74 Å². The first-order valence-corrected chi connectivity index (χ1v) is 8.65. The van der Waals surface area contributed by atoms with Gasteiger partial charge in [-0.3, -0.25) is 4.79 Å². The Balaban J connectivity index is 1.88. The molecule has 3 rings (SSSR count). The Bertz CT molecular complexity index is 392. The molecule has 3 saturated carbocycles. The van der Waals surface area contributed by atoms with Crippen LogP contribution in [0.15, 0.2) is 0 Å². The van der Waals surface area contributed by atoms with Crippen LogP contribution in [-0.4, -0.2) is 17.4 Å². The molecule has 3 fully saturated rings. The Morgan fingerprint density at radius 3 is 2.79 bits per heavy atom. The maximum Gasteiger partial charge on any atom is 0.309 e. The summed E-state index contributed by atoms with van der Waals surface area (Å²) >= 11 is 4.01. The van der Waals surface area contributed by atoms with Gasteiger partial charge in [0.1, 0.15) is 0 Å². The van der Waals surface area contributed by atoms with Gasteiger partial charge in [0.25, 0.3) is 0 Å². The average molecular weight is 329 g/mol. The highest BCUT2D eigenvalue weighted by Crippen LogP contribution is 2.72. The van der Waals surface area contributed by atoms with Crippen molar-refractivity contribution in [3.63, 3.8) is 0 Å². The number of alkyl halides is 1. The summed E-state index contributed by atoms with van der Waals surface area (Å²) in [6, 6.07) is 0. The fourth-order valence-corrected chi connectivity index (χ4v) is 6.53. The van der Waals surface area contributed by atoms with E-state index in [4.69, 9.17) is 4.74 Å². The number of esters is 1. The van der Waals surface area contributed by atoms with Gasteiger partial charge in [-0.15, -0.1) is 0 Å². The third kappa shape index (κ3) is 1.76. The first-order valence-electron chi connectivity index (χ1n) is 7.74. The van der Waals surface area contributed by atoms with Crippen molar-refractivity contribution < 1.29 is 9.53 Å². The maximum absolute atomic E-state index is 12.2. The molecule has 0 radical (unpaired) electrons. The van der Waals surface area contributed by atoms with Crippen LogP contribution in [0, 0.1) is 28.6 Å². The van der Waals surface area contributed by atoms with E-state index >= 15 is 0 Å². The van der Waals surface area contributed by atoms with E-state index in [9.17, 15) is 4.79 Å². The fraction of sp³-hybridized carbons (Fsp3) is 0.938. The first kappa shape index (κ1) is 13.9. The number of carbonyl (C=O) groups is 1. The summed E-state index contributed by atoms with van der Waals surface area (Å²) in [7, 11) is 0. The van der Waals surface area contributed by atoms with Crippen LogP contribution in [0.4, 0.5) is 0 Å². The van der Waals surface area contributed by atoms with Crippen LogP contribution in [-0.2, 0) is 9.53 Å². The number of ether oxygens (including phenoxy) is 1. The summed E-state index contributed by atoms with van der Waals surface area (Å²) in [4.78, 5) is 12.8. The van der Waals surface area contributed by atoms with Crippen LogP contribution >= 0.6 is 15.9 Å². The number of fused-ring (bicyclic) bond motifs is 1. The maximum atomic E-state index is 12.2. The highest BCUT2D eigenvalue weighted by Gasteiger charge is 2.67. The first-order chi connectivity index (χ1) is 8.93. The van der Waals surface area contributed by atoms with Crippen LogP contribution in [0.1, 0.15) is 52.9 Å². The molecule has 3 aliphatic carbocycles. The van der Waals surface area contributed by atoms with Crippen molar-refractivity contribution in [3.8, 4) is 0 Å². The molecule has 2 nitrogen and oxygen atoms in total. The van der Waals surface area contributed by atoms with Crippen LogP contribution in [0.3, 0.4) is 0 Å². The monoisotopic (exact) mass is 328 g/mol. The van der Waals surface area contributed by atoms with Crippen LogP contribution in [0.25, 0.3) is 0 Å². The van der Waals surface area contributed by atoms with E-state index in [0.29, 0.717) is 28.2 Å². The van der Waals surface area contributed by atoms with Gasteiger partial charge in [-0.2, -0.15) is 0 Å². The Morgan fingerprint density at radius 2 is 2.16 bits per heavy atom. The van der Waals surface area contributed by atoms with Gasteiger partial charge in [-0.1, -0.05) is 36.2 Å². The molecule has 0 aromatic carbocycles. The lowest BCUT2D eigenvalue weighted by atomic mass is 9.57. The molecule has 0 N–H and O–H groups in total. The normalized spacial score (nSPS) is 46.9. The van der Waals surface area contributed by atoms with E-state index in [1.807, 2.05) is 6.92 Å². The molecule has 108 valence electrons. The summed E-state index contributed by atoms with van der Waals surface area (Å²) < 4.78 is 5.33. The fourth-order valence-electron chi connectivity index (χ4n) is 5.40. The van der Waals surface area contributed by atoms with Crippen molar-refractivity contribution >= 4 is 21.9 Å². The lowest BCUT2D eigenvalue weighted by Crippen LogP contribution is -2.49. The number of halogens is 1. The molecule has 0 aromatic rings. The van der Waals surface area contributed by atoms with Gasteiger partial charge in [0.2, 0.25) is 0 Å². The molecule has 0 aromatic heterocycles. The van der Waals surface area contributed by atoms with Gasteiger partial charge in [-0.25, -0.2) is 0 Å². The lowest BCUT2D eigenvalue weighted by molar-refractivity contribution is -0.154. The van der Waals surface area contributed by atoms with Crippen molar-refractivity contribution in [1.29, 1.82) is 0 Å². The number of hydrogen-bond donors (Lipinski definition) is 0. The third-order valence-electron chi connectivity index (χ3n) is 6.35. The van der Waals surface area contributed by atoms with E-state index in [1.165, 1.54) is 25.7 Å². The summed E-state index contributed by atoms with van der Waals surface area (Å²) in [6.45, 7) is 7.22. The number of rotatable bonds is 2. The predicted molar refractivity (Wildman–Crippen MR) is 79.1 cm³/mol. The molecule has 3 heteroatoms. The minimum absolute atomic E-state index is 0.0663. The Morgan fingerprint density at radius 1 is 1.42 bits per heavy atom. The van der Waals surface area contributed by atoms with Crippen LogP contribution in [0.2, 0.25) is 0 Å². The van der Waals surface area contributed by atoms with Crippen molar-refractivity contribution in [3.05, 3.63) is 0 Å². The Labute approximate surface area is 124 Å². The van der Waals surface area contributed by atoms with E-state index in [0.717, 1.165) is 12.3 Å². The van der Waals surface area contributed by atoms with Crippen molar-refractivity contribution in [2.24, 2.45) is 28.6 Å². The second-order valence-electron chi connectivity index (χ2n) is 7.41. The van der Waals surface area contributed by atoms with Crippen molar-refractivity contribution in [2.45, 2.75) is 57.7 Å². The molecule has 2 bridgehead atoms. The zero-order chi connectivity index (χ0) is 13.8. The van der Waals surface area contributed by atoms with Gasteiger partial charge in [-0.05, 0) is 55.3 Å². The van der Waals surface area contributed by atoms with Crippen molar-refractivity contribution in [1.82, 2.24) is 0 Å². The zero-order valence-electron chi connectivity index (χ0n) is 12.2. The van der Waals surface area contributed by atoms with Gasteiger partial charge in [0.15, 0.2) is 0 Å². The van der Waals surface area contributed by atoms with E-state index in [1.54, 1.807) is 0 Å². The molecule has 19 heavy (non-hydrogen) atoms. The van der Waals surface area contributed by atoms with Crippen molar-refractivity contribution in [2.75, 3.05) is 6.61 Å². The minimum atomic E-state index is 0.0663. The van der Waals surface area contributed by atoms with Crippen LogP contribution < -0.4 is 0 Å². The lowest BCUT2D eigenvalue weighted by Gasteiger charge is -2.50. The highest BCUT2D eigenvalue weighted by molar-refractivity contribution is 9.09. The van der Waals surface area contributed by atoms with Crippen LogP contribution in [0.5, 0.6) is 0 Å². The molecular formula is C16H25BrO2. The quantitative estimate of drug-likeness (QED) is 0.561. The van der Waals surface area contributed by atoms with E-state index in [-0.39, 0.29) is 11.9 Å². The largest absolute Gasteiger partial charge is 0.466 e.